The third kappa shape index (κ3) is 13.1. The van der Waals surface area contributed by atoms with Gasteiger partial charge in [0.1, 0.15) is 0 Å². The first-order valence-electron chi connectivity index (χ1n) is 8.03. The lowest BCUT2D eigenvalue weighted by Gasteiger charge is -2.11. The fourth-order valence-electron chi connectivity index (χ4n) is 1.40. The molecule has 0 bridgehead atoms. The SMILES string of the molecule is CC(=N\NC(=S)NCCCN(C)C)/C(C)=N/NC(=S)NCC(C)C. The molecule has 0 atom stereocenters. The molecule has 9 heteroatoms. The number of rotatable bonds is 9. The van der Waals surface area contributed by atoms with Gasteiger partial charge in [0.15, 0.2) is 10.2 Å². The third-order valence-electron chi connectivity index (χ3n) is 2.91. The maximum Gasteiger partial charge on any atom is 0.186 e. The fraction of sp³-hybridized carbons (Fsp3) is 0.733. The van der Waals surface area contributed by atoms with Crippen LogP contribution in [0, 0.1) is 5.92 Å². The van der Waals surface area contributed by atoms with Gasteiger partial charge in [0.05, 0.1) is 11.4 Å². The third-order valence-corrected chi connectivity index (χ3v) is 3.38. The maximum atomic E-state index is 5.17. The molecule has 4 N–H and O–H groups in total. The Kier molecular flexibility index (Phi) is 12.3. The molecule has 24 heavy (non-hydrogen) atoms. The van der Waals surface area contributed by atoms with Crippen molar-refractivity contribution in [3.63, 3.8) is 0 Å². The van der Waals surface area contributed by atoms with Crippen LogP contribution in [0.2, 0.25) is 0 Å². The van der Waals surface area contributed by atoms with E-state index < -0.39 is 0 Å². The van der Waals surface area contributed by atoms with Gasteiger partial charge in [0, 0.05) is 13.1 Å². The van der Waals surface area contributed by atoms with E-state index in [9.17, 15) is 0 Å². The standard InChI is InChI=1S/C15H31N7S2/c1-11(2)10-17-15(24)21-19-13(4)12(3)18-20-14(23)16-8-7-9-22(5)6/h11H,7-10H2,1-6H3,(H2,16,20,23)(H2,17,21,24)/b18-12+,19-13+. The number of thiocarbonyl (C=S) groups is 2. The number of nitrogens with one attached hydrogen (secondary N) is 4. The van der Waals surface area contributed by atoms with Crippen molar-refractivity contribution in [1.82, 2.24) is 26.4 Å². The van der Waals surface area contributed by atoms with Crippen molar-refractivity contribution in [2.24, 2.45) is 16.1 Å². The summed E-state index contributed by atoms with van der Waals surface area (Å²) in [6, 6.07) is 0. The molecule has 0 fully saturated rings. The van der Waals surface area contributed by atoms with E-state index in [0.717, 1.165) is 37.5 Å². The second-order valence-electron chi connectivity index (χ2n) is 6.13. The minimum atomic E-state index is 0.502. The van der Waals surface area contributed by atoms with Gasteiger partial charge in [-0.15, -0.1) is 0 Å². The summed E-state index contributed by atoms with van der Waals surface area (Å²) in [4.78, 5) is 2.13. The summed E-state index contributed by atoms with van der Waals surface area (Å²) in [6.07, 6.45) is 1.02. The van der Waals surface area contributed by atoms with Gasteiger partial charge >= 0.3 is 0 Å². The zero-order valence-corrected chi connectivity index (χ0v) is 17.2. The van der Waals surface area contributed by atoms with Gasteiger partial charge in [-0.3, -0.25) is 10.9 Å². The smallest absolute Gasteiger partial charge is 0.186 e. The van der Waals surface area contributed by atoms with Gasteiger partial charge < -0.3 is 15.5 Å². The highest BCUT2D eigenvalue weighted by Crippen LogP contribution is 1.87. The van der Waals surface area contributed by atoms with Crippen LogP contribution in [0.4, 0.5) is 0 Å². The predicted octanol–water partition coefficient (Wildman–Crippen LogP) is 1.27. The number of hydrogen-bond donors (Lipinski definition) is 4. The molecular weight excluding hydrogens is 342 g/mol. The lowest BCUT2D eigenvalue weighted by atomic mass is 10.2. The van der Waals surface area contributed by atoms with Gasteiger partial charge in [-0.05, 0) is 71.3 Å². The molecule has 0 aromatic heterocycles. The van der Waals surface area contributed by atoms with Gasteiger partial charge in [-0.2, -0.15) is 10.2 Å². The van der Waals surface area contributed by atoms with Crippen molar-refractivity contribution in [2.45, 2.75) is 34.1 Å². The topological polar surface area (TPSA) is 76.1 Å². The molecular formula is C15H31N7S2. The van der Waals surface area contributed by atoms with E-state index in [4.69, 9.17) is 24.4 Å². The Morgan fingerprint density at radius 1 is 0.958 bits per heavy atom. The van der Waals surface area contributed by atoms with Crippen LogP contribution in [0.15, 0.2) is 10.2 Å². The summed E-state index contributed by atoms with van der Waals surface area (Å²) in [5.41, 5.74) is 7.08. The molecule has 0 rings (SSSR count). The van der Waals surface area contributed by atoms with Gasteiger partial charge in [0.25, 0.3) is 0 Å². The van der Waals surface area contributed by atoms with Crippen molar-refractivity contribution in [3.8, 4) is 0 Å². The Morgan fingerprint density at radius 2 is 1.46 bits per heavy atom. The summed E-state index contributed by atoms with van der Waals surface area (Å²) in [5.74, 6) is 0.522. The predicted molar refractivity (Wildman–Crippen MR) is 112 cm³/mol. The van der Waals surface area contributed by atoms with Crippen LogP contribution < -0.4 is 21.5 Å². The number of hydrogen-bond acceptors (Lipinski definition) is 5. The summed E-state index contributed by atoms with van der Waals surface area (Å²) >= 11 is 10.3. The zero-order valence-electron chi connectivity index (χ0n) is 15.6. The van der Waals surface area contributed by atoms with Crippen LogP contribution in [0.5, 0.6) is 0 Å². The minimum absolute atomic E-state index is 0.502. The normalized spacial score (nSPS) is 12.3. The quantitative estimate of drug-likeness (QED) is 0.210. The van der Waals surface area contributed by atoms with Gasteiger partial charge in [0.2, 0.25) is 0 Å². The van der Waals surface area contributed by atoms with Gasteiger partial charge in [-0.25, -0.2) is 0 Å². The average molecular weight is 374 g/mol. The minimum Gasteiger partial charge on any atom is -0.361 e. The zero-order chi connectivity index (χ0) is 18.5. The molecule has 0 aliphatic carbocycles. The Morgan fingerprint density at radius 3 is 1.92 bits per heavy atom. The van der Waals surface area contributed by atoms with E-state index in [1.54, 1.807) is 0 Å². The molecule has 0 aromatic carbocycles. The number of nitrogens with zero attached hydrogens (tertiary/aromatic N) is 3. The van der Waals surface area contributed by atoms with E-state index in [0.29, 0.717) is 16.1 Å². The molecule has 0 aromatic rings. The first kappa shape index (κ1) is 22.7. The van der Waals surface area contributed by atoms with Crippen LogP contribution in [0.1, 0.15) is 34.1 Å². The molecule has 0 amide bonds. The summed E-state index contributed by atoms with van der Waals surface area (Å²) in [6.45, 7) is 10.6. The van der Waals surface area contributed by atoms with E-state index in [1.165, 1.54) is 0 Å². The molecule has 7 nitrogen and oxygen atoms in total. The van der Waals surface area contributed by atoms with E-state index in [-0.39, 0.29) is 0 Å². The van der Waals surface area contributed by atoms with E-state index >= 15 is 0 Å². The van der Waals surface area contributed by atoms with Crippen molar-refractivity contribution in [2.75, 3.05) is 33.7 Å². The summed E-state index contributed by atoms with van der Waals surface area (Å²) < 4.78 is 0. The Balaban J connectivity index is 4.14. The first-order valence-corrected chi connectivity index (χ1v) is 8.85. The summed E-state index contributed by atoms with van der Waals surface area (Å²) in [7, 11) is 4.09. The molecule has 0 radical (unpaired) electrons. The van der Waals surface area contributed by atoms with Crippen LogP contribution in [-0.2, 0) is 0 Å². The highest BCUT2D eigenvalue weighted by atomic mass is 32.1. The molecule has 138 valence electrons. The second-order valence-corrected chi connectivity index (χ2v) is 6.95. The molecule has 0 spiro atoms. The van der Waals surface area contributed by atoms with Crippen LogP contribution >= 0.6 is 24.4 Å². The van der Waals surface area contributed by atoms with Crippen LogP contribution in [-0.4, -0.2) is 60.3 Å². The highest BCUT2D eigenvalue weighted by molar-refractivity contribution is 7.80. The molecule has 0 saturated carbocycles. The highest BCUT2D eigenvalue weighted by Gasteiger charge is 2.00. The van der Waals surface area contributed by atoms with Crippen molar-refractivity contribution in [3.05, 3.63) is 0 Å². The number of hydrazone groups is 2. The van der Waals surface area contributed by atoms with Gasteiger partial charge in [-0.1, -0.05) is 13.8 Å². The first-order chi connectivity index (χ1) is 11.2. The van der Waals surface area contributed by atoms with Crippen molar-refractivity contribution < 1.29 is 0 Å². The molecule has 0 heterocycles. The maximum absolute atomic E-state index is 5.17. The lowest BCUT2D eigenvalue weighted by Crippen LogP contribution is -2.36. The monoisotopic (exact) mass is 373 g/mol. The molecule has 0 saturated heterocycles. The van der Waals surface area contributed by atoms with Crippen molar-refractivity contribution in [1.29, 1.82) is 0 Å². The van der Waals surface area contributed by atoms with E-state index in [2.05, 4.69) is 50.4 Å². The van der Waals surface area contributed by atoms with Crippen LogP contribution in [0.25, 0.3) is 0 Å². The van der Waals surface area contributed by atoms with Crippen LogP contribution in [0.3, 0.4) is 0 Å². The Hall–Kier alpha value is -1.32. The fourth-order valence-corrected chi connectivity index (χ4v) is 1.68. The Bertz CT molecular complexity index is 459. The summed E-state index contributed by atoms with van der Waals surface area (Å²) in [5, 5.41) is 15.6. The lowest BCUT2D eigenvalue weighted by molar-refractivity contribution is 0.400. The second kappa shape index (κ2) is 13.0. The average Bonchev–Trinajstić information content (AvgIpc) is 2.51. The Labute approximate surface area is 156 Å². The van der Waals surface area contributed by atoms with E-state index in [1.807, 2.05) is 27.9 Å². The molecule has 0 unspecified atom stereocenters. The molecule has 0 aliphatic rings. The van der Waals surface area contributed by atoms with Crippen molar-refractivity contribution >= 4 is 46.1 Å². The molecule has 0 aliphatic heterocycles. The largest absolute Gasteiger partial charge is 0.361 e.